The van der Waals surface area contributed by atoms with Crippen molar-refractivity contribution in [3.05, 3.63) is 65.7 Å². The molecule has 0 radical (unpaired) electrons. The second-order valence-electron chi connectivity index (χ2n) is 7.67. The Morgan fingerprint density at radius 1 is 1.17 bits per heavy atom. The van der Waals surface area contributed by atoms with Gasteiger partial charge in [-0.25, -0.2) is 18.7 Å². The molecule has 0 atom stereocenters. The van der Waals surface area contributed by atoms with Crippen LogP contribution >= 0.6 is 0 Å². The van der Waals surface area contributed by atoms with Gasteiger partial charge in [-0.15, -0.1) is 5.10 Å². The normalized spacial score (nSPS) is 10.7. The highest BCUT2D eigenvalue weighted by atomic mass is 19.1. The van der Waals surface area contributed by atoms with Crippen molar-refractivity contribution in [1.29, 1.82) is 0 Å². The van der Waals surface area contributed by atoms with E-state index in [1.54, 1.807) is 30.6 Å². The van der Waals surface area contributed by atoms with Gasteiger partial charge in [-0.1, -0.05) is 6.07 Å². The Kier molecular flexibility index (Phi) is 6.44. The van der Waals surface area contributed by atoms with E-state index in [2.05, 4.69) is 20.4 Å². The number of anilines is 1. The molecule has 2 amide bonds. The van der Waals surface area contributed by atoms with Gasteiger partial charge in [0.15, 0.2) is 5.65 Å². The predicted octanol–water partition coefficient (Wildman–Crippen LogP) is 2.51. The minimum Gasteiger partial charge on any atom is -0.480 e. The Labute approximate surface area is 199 Å². The average molecular weight is 479 g/mol. The average Bonchev–Trinajstić information content (AvgIpc) is 3.22. The molecule has 3 heterocycles. The van der Waals surface area contributed by atoms with Gasteiger partial charge in [0, 0.05) is 50.2 Å². The Hall–Kier alpha value is -4.74. The molecule has 0 fully saturated rings. The van der Waals surface area contributed by atoms with Crippen molar-refractivity contribution in [3.63, 3.8) is 0 Å². The molecule has 0 spiro atoms. The first-order valence-corrected chi connectivity index (χ1v) is 10.4. The fourth-order valence-electron chi connectivity index (χ4n) is 3.24. The number of methoxy groups -OCH3 is 1. The van der Waals surface area contributed by atoms with Crippen molar-refractivity contribution in [2.24, 2.45) is 0 Å². The molecule has 35 heavy (non-hydrogen) atoms. The number of halogens is 1. The Bertz CT molecular complexity index is 1420. The van der Waals surface area contributed by atoms with Crippen LogP contribution in [0.4, 0.5) is 15.1 Å². The van der Waals surface area contributed by atoms with Gasteiger partial charge in [0.05, 0.1) is 7.11 Å². The number of nitrogens with one attached hydrogen (secondary N) is 1. The van der Waals surface area contributed by atoms with E-state index in [9.17, 15) is 14.0 Å². The first kappa shape index (κ1) is 23.4. The molecule has 4 rings (SSSR count). The second kappa shape index (κ2) is 9.63. The smallest absolute Gasteiger partial charge is 0.414 e. The number of carbonyl (C=O) groups is 2. The highest BCUT2D eigenvalue weighted by Gasteiger charge is 2.18. The fraction of sp³-hybridized carbons (Fsp3) is 0.174. The number of nitrogens with two attached hydrogens (primary N) is 1. The molecule has 11 nitrogen and oxygen atoms in total. The summed E-state index contributed by atoms with van der Waals surface area (Å²) in [5.41, 5.74) is 8.16. The van der Waals surface area contributed by atoms with E-state index < -0.39 is 17.8 Å². The third-order valence-electron chi connectivity index (χ3n) is 5.01. The molecule has 0 aliphatic carbocycles. The zero-order chi connectivity index (χ0) is 25.1. The van der Waals surface area contributed by atoms with Crippen LogP contribution in [0.1, 0.15) is 15.9 Å². The van der Waals surface area contributed by atoms with Crippen LogP contribution in [-0.4, -0.2) is 57.7 Å². The van der Waals surface area contributed by atoms with Crippen LogP contribution < -0.4 is 20.5 Å². The van der Waals surface area contributed by atoms with Crippen LogP contribution in [0.25, 0.3) is 16.8 Å². The lowest BCUT2D eigenvalue weighted by Gasteiger charge is -2.15. The van der Waals surface area contributed by atoms with Crippen molar-refractivity contribution >= 4 is 23.6 Å². The van der Waals surface area contributed by atoms with Gasteiger partial charge in [0.25, 0.3) is 5.91 Å². The molecular weight excluding hydrogens is 457 g/mol. The molecule has 3 aromatic heterocycles. The molecule has 4 aromatic rings. The molecular formula is C23H22FN7O4. The zero-order valence-electron chi connectivity index (χ0n) is 19.2. The standard InChI is InChI=1S/C23H22FN7O4/c1-30(2)23(33)35-18-10-16(24)5-4-14(18)11-26-20(32)17-8-15(12-27-21(17)34-3)13-6-7-31-19(9-13)28-22(25)29-31/h4-10,12H,11H2,1-3H3,(H2,25,29)(H,26,32). The van der Waals surface area contributed by atoms with Gasteiger partial charge in [0.1, 0.15) is 17.1 Å². The van der Waals surface area contributed by atoms with Crippen LogP contribution in [0, 0.1) is 5.82 Å². The minimum absolute atomic E-state index is 0.00345. The molecule has 0 saturated carbocycles. The number of hydrogen-bond acceptors (Lipinski definition) is 8. The van der Waals surface area contributed by atoms with Gasteiger partial charge >= 0.3 is 6.09 Å². The van der Waals surface area contributed by atoms with Gasteiger partial charge in [-0.05, 0) is 29.8 Å². The van der Waals surface area contributed by atoms with Crippen molar-refractivity contribution in [2.45, 2.75) is 6.54 Å². The number of pyridine rings is 2. The number of nitrogen functional groups attached to an aromatic ring is 1. The van der Waals surface area contributed by atoms with E-state index in [0.29, 0.717) is 16.8 Å². The molecule has 0 saturated heterocycles. The summed E-state index contributed by atoms with van der Waals surface area (Å²) in [4.78, 5) is 34.6. The largest absolute Gasteiger partial charge is 0.480 e. The lowest BCUT2D eigenvalue weighted by atomic mass is 10.1. The lowest BCUT2D eigenvalue weighted by Crippen LogP contribution is -2.27. The number of carbonyl (C=O) groups excluding carboxylic acids is 2. The van der Waals surface area contributed by atoms with E-state index >= 15 is 0 Å². The minimum atomic E-state index is -0.673. The second-order valence-corrected chi connectivity index (χ2v) is 7.67. The van der Waals surface area contributed by atoms with Gasteiger partial charge in [-0.2, -0.15) is 4.98 Å². The van der Waals surface area contributed by atoms with E-state index in [4.69, 9.17) is 15.2 Å². The number of aromatic nitrogens is 4. The molecule has 0 aliphatic heterocycles. The molecule has 3 N–H and O–H groups in total. The molecule has 0 aliphatic rings. The predicted molar refractivity (Wildman–Crippen MR) is 124 cm³/mol. The Morgan fingerprint density at radius 2 is 1.97 bits per heavy atom. The van der Waals surface area contributed by atoms with E-state index in [0.717, 1.165) is 11.6 Å². The van der Waals surface area contributed by atoms with Crippen molar-refractivity contribution < 1.29 is 23.5 Å². The van der Waals surface area contributed by atoms with Gasteiger partial charge in [0.2, 0.25) is 11.8 Å². The monoisotopic (exact) mass is 479 g/mol. The highest BCUT2D eigenvalue weighted by molar-refractivity contribution is 5.97. The quantitative estimate of drug-likeness (QED) is 0.430. The Morgan fingerprint density at radius 3 is 2.71 bits per heavy atom. The summed E-state index contributed by atoms with van der Waals surface area (Å²) >= 11 is 0. The number of fused-ring (bicyclic) bond motifs is 1. The number of hydrogen-bond donors (Lipinski definition) is 2. The number of rotatable bonds is 6. The number of nitrogens with zero attached hydrogens (tertiary/aromatic N) is 5. The van der Waals surface area contributed by atoms with Crippen LogP contribution in [-0.2, 0) is 6.54 Å². The highest BCUT2D eigenvalue weighted by Crippen LogP contribution is 2.26. The third kappa shape index (κ3) is 5.11. The summed E-state index contributed by atoms with van der Waals surface area (Å²) in [6, 6.07) is 8.90. The van der Waals surface area contributed by atoms with Gasteiger partial charge < -0.3 is 25.4 Å². The van der Waals surface area contributed by atoms with E-state index in [1.165, 1.54) is 42.8 Å². The van der Waals surface area contributed by atoms with Crippen LogP contribution in [0.5, 0.6) is 11.6 Å². The van der Waals surface area contributed by atoms with E-state index in [-0.39, 0.29) is 29.7 Å². The third-order valence-corrected chi connectivity index (χ3v) is 5.01. The Balaban J connectivity index is 1.58. The molecule has 1 aromatic carbocycles. The first-order valence-electron chi connectivity index (χ1n) is 10.4. The first-order chi connectivity index (χ1) is 16.7. The maximum absolute atomic E-state index is 13.7. The van der Waals surface area contributed by atoms with Crippen molar-refractivity contribution in [1.82, 2.24) is 29.8 Å². The van der Waals surface area contributed by atoms with Crippen molar-refractivity contribution in [2.75, 3.05) is 26.9 Å². The summed E-state index contributed by atoms with van der Waals surface area (Å²) in [5.74, 6) is -0.794. The summed E-state index contributed by atoms with van der Waals surface area (Å²) < 4.78 is 25.7. The number of amides is 2. The maximum atomic E-state index is 13.7. The van der Waals surface area contributed by atoms with Gasteiger partial charge in [-0.3, -0.25) is 4.79 Å². The van der Waals surface area contributed by atoms with Crippen LogP contribution in [0.2, 0.25) is 0 Å². The number of benzene rings is 1. The molecule has 12 heteroatoms. The topological polar surface area (TPSA) is 137 Å². The van der Waals surface area contributed by atoms with Crippen LogP contribution in [0.3, 0.4) is 0 Å². The van der Waals surface area contributed by atoms with E-state index in [1.807, 2.05) is 0 Å². The molecule has 0 bridgehead atoms. The zero-order valence-corrected chi connectivity index (χ0v) is 19.2. The molecule has 0 unspecified atom stereocenters. The lowest BCUT2D eigenvalue weighted by molar-refractivity contribution is 0.0947. The summed E-state index contributed by atoms with van der Waals surface area (Å²) in [6.45, 7) is -0.0342. The summed E-state index contributed by atoms with van der Waals surface area (Å²) in [6.07, 6.45) is 2.59. The van der Waals surface area contributed by atoms with Crippen molar-refractivity contribution in [3.8, 4) is 22.8 Å². The summed E-state index contributed by atoms with van der Waals surface area (Å²) in [5, 5.41) is 6.77. The summed E-state index contributed by atoms with van der Waals surface area (Å²) in [7, 11) is 4.42. The SMILES string of the molecule is COc1ncc(-c2ccn3nc(N)nc3c2)cc1C(=O)NCc1ccc(F)cc1OC(=O)N(C)C. The molecule has 180 valence electrons. The number of ether oxygens (including phenoxy) is 2. The van der Waals surface area contributed by atoms with Crippen LogP contribution in [0.15, 0.2) is 48.8 Å². The maximum Gasteiger partial charge on any atom is 0.414 e. The fourth-order valence-corrected chi connectivity index (χ4v) is 3.24.